The molecule has 0 aliphatic carbocycles. The van der Waals surface area contributed by atoms with E-state index in [1.807, 2.05) is 0 Å². The van der Waals surface area contributed by atoms with Gasteiger partial charge in [0.1, 0.15) is 5.75 Å². The summed E-state index contributed by atoms with van der Waals surface area (Å²) in [5.74, 6) is -1.15. The van der Waals surface area contributed by atoms with Gasteiger partial charge in [-0.05, 0) is 44.0 Å². The van der Waals surface area contributed by atoms with E-state index in [-0.39, 0.29) is 5.56 Å². The Hall–Kier alpha value is -2.10. The van der Waals surface area contributed by atoms with Gasteiger partial charge in [0.2, 0.25) is 0 Å². The maximum atomic E-state index is 11.4. The molecule has 17 heavy (non-hydrogen) atoms. The molecule has 0 aromatic heterocycles. The first-order valence-corrected chi connectivity index (χ1v) is 5.05. The Balaban J connectivity index is 3.13. The van der Waals surface area contributed by atoms with E-state index in [0.717, 1.165) is 0 Å². The third kappa shape index (κ3) is 2.72. The summed E-state index contributed by atoms with van der Waals surface area (Å²) < 4.78 is 5.09. The van der Waals surface area contributed by atoms with Crippen LogP contribution in [0.15, 0.2) is 24.3 Å². The van der Waals surface area contributed by atoms with Crippen LogP contribution in [0.1, 0.15) is 28.4 Å². The Kier molecular flexibility index (Phi) is 3.68. The monoisotopic (exact) mass is 234 g/mol. The highest BCUT2D eigenvalue weighted by atomic mass is 16.5. The second-order valence-electron chi connectivity index (χ2n) is 3.84. The van der Waals surface area contributed by atoms with E-state index in [1.165, 1.54) is 12.1 Å². The van der Waals surface area contributed by atoms with E-state index in [4.69, 9.17) is 9.84 Å². The maximum absolute atomic E-state index is 11.4. The van der Waals surface area contributed by atoms with Gasteiger partial charge in [0.05, 0.1) is 5.56 Å². The van der Waals surface area contributed by atoms with Crippen LogP contribution >= 0.6 is 0 Å². The van der Waals surface area contributed by atoms with Crippen molar-refractivity contribution in [3.63, 3.8) is 0 Å². The van der Waals surface area contributed by atoms with Crippen LogP contribution < -0.4 is 4.74 Å². The van der Waals surface area contributed by atoms with Crippen molar-refractivity contribution in [2.75, 3.05) is 0 Å². The number of carboxylic acids is 1. The fourth-order valence-corrected chi connectivity index (χ4v) is 1.33. The molecule has 1 N–H and O–H groups in total. The molecule has 0 aliphatic heterocycles. The third-order valence-corrected chi connectivity index (χ3v) is 2.52. The molecule has 0 fully saturated rings. The van der Waals surface area contributed by atoms with E-state index < -0.39 is 11.9 Å². The molecule has 0 amide bonds. The number of aromatic carboxylic acids is 1. The molecule has 4 nitrogen and oxygen atoms in total. The van der Waals surface area contributed by atoms with Crippen LogP contribution in [0.2, 0.25) is 0 Å². The van der Waals surface area contributed by atoms with Crippen molar-refractivity contribution < 1.29 is 19.4 Å². The predicted molar refractivity (Wildman–Crippen MR) is 63.3 cm³/mol. The minimum Gasteiger partial charge on any atom is -0.478 e. The lowest BCUT2D eigenvalue weighted by Crippen LogP contribution is -2.10. The first kappa shape index (κ1) is 13.0. The van der Waals surface area contributed by atoms with Gasteiger partial charge in [0.15, 0.2) is 0 Å². The van der Waals surface area contributed by atoms with Crippen molar-refractivity contribution in [3.05, 3.63) is 41.0 Å². The molecule has 0 spiro atoms. The molecule has 1 rings (SSSR count). The van der Waals surface area contributed by atoms with Crippen molar-refractivity contribution in [1.82, 2.24) is 0 Å². The van der Waals surface area contributed by atoms with E-state index in [9.17, 15) is 9.59 Å². The molecule has 1 aromatic rings. The average molecular weight is 234 g/mol. The lowest BCUT2D eigenvalue weighted by Gasteiger charge is -2.11. The Labute approximate surface area is 99.5 Å². The van der Waals surface area contributed by atoms with E-state index in [0.29, 0.717) is 22.4 Å². The van der Waals surface area contributed by atoms with Gasteiger partial charge >= 0.3 is 11.9 Å². The summed E-state index contributed by atoms with van der Waals surface area (Å²) in [6.07, 6.45) is 0. The Bertz CT molecular complexity index is 500. The largest absolute Gasteiger partial charge is 0.478 e. The lowest BCUT2D eigenvalue weighted by atomic mass is 10.0. The van der Waals surface area contributed by atoms with Gasteiger partial charge in [-0.1, -0.05) is 6.58 Å². The van der Waals surface area contributed by atoms with Gasteiger partial charge in [0, 0.05) is 5.57 Å². The van der Waals surface area contributed by atoms with Crippen molar-refractivity contribution in [1.29, 1.82) is 0 Å². The van der Waals surface area contributed by atoms with Crippen molar-refractivity contribution >= 4 is 11.9 Å². The standard InChI is InChI=1S/C13H14O4/c1-7(2)13(16)17-11-6-5-10(12(14)15)8(3)9(11)4/h5-6H,1H2,2-4H3,(H,14,15). The summed E-state index contributed by atoms with van der Waals surface area (Å²) in [5.41, 5.74) is 1.73. The molecular formula is C13H14O4. The van der Waals surface area contributed by atoms with E-state index >= 15 is 0 Å². The van der Waals surface area contributed by atoms with Crippen molar-refractivity contribution in [2.45, 2.75) is 20.8 Å². The number of hydrogen-bond acceptors (Lipinski definition) is 3. The quantitative estimate of drug-likeness (QED) is 0.495. The normalized spacial score (nSPS) is 9.82. The second kappa shape index (κ2) is 4.82. The van der Waals surface area contributed by atoms with Gasteiger partial charge in [-0.3, -0.25) is 0 Å². The first-order chi connectivity index (χ1) is 7.84. The summed E-state index contributed by atoms with van der Waals surface area (Å²) in [6, 6.07) is 2.90. The smallest absolute Gasteiger partial charge is 0.338 e. The van der Waals surface area contributed by atoms with Gasteiger partial charge in [-0.2, -0.15) is 0 Å². The number of carboxylic acid groups (broad SMARTS) is 1. The molecule has 0 bridgehead atoms. The number of hydrogen-bond donors (Lipinski definition) is 1. The van der Waals surface area contributed by atoms with Crippen molar-refractivity contribution in [2.24, 2.45) is 0 Å². The molecule has 0 atom stereocenters. The van der Waals surface area contributed by atoms with Crippen LogP contribution in [0, 0.1) is 13.8 Å². The highest BCUT2D eigenvalue weighted by Gasteiger charge is 2.14. The van der Waals surface area contributed by atoms with Gasteiger partial charge in [0.25, 0.3) is 0 Å². The zero-order valence-corrected chi connectivity index (χ0v) is 10.0. The first-order valence-electron chi connectivity index (χ1n) is 5.05. The fraction of sp³-hybridized carbons (Fsp3) is 0.231. The summed E-state index contributed by atoms with van der Waals surface area (Å²) >= 11 is 0. The van der Waals surface area contributed by atoms with Gasteiger partial charge in [-0.15, -0.1) is 0 Å². The highest BCUT2D eigenvalue weighted by Crippen LogP contribution is 2.24. The van der Waals surface area contributed by atoms with Crippen LogP contribution in [0.5, 0.6) is 5.75 Å². The summed E-state index contributed by atoms with van der Waals surface area (Å²) in [6.45, 7) is 8.42. The molecular weight excluding hydrogens is 220 g/mol. The number of carbonyl (C=O) groups excluding carboxylic acids is 1. The summed E-state index contributed by atoms with van der Waals surface area (Å²) in [4.78, 5) is 22.3. The minimum absolute atomic E-state index is 0.206. The van der Waals surface area contributed by atoms with E-state index in [1.54, 1.807) is 20.8 Å². The summed E-state index contributed by atoms with van der Waals surface area (Å²) in [7, 11) is 0. The van der Waals surface area contributed by atoms with Gasteiger partial charge < -0.3 is 9.84 Å². The average Bonchev–Trinajstić information content (AvgIpc) is 2.24. The zero-order valence-electron chi connectivity index (χ0n) is 10.0. The zero-order chi connectivity index (χ0) is 13.2. The van der Waals surface area contributed by atoms with E-state index in [2.05, 4.69) is 6.58 Å². The molecule has 0 aliphatic rings. The second-order valence-corrected chi connectivity index (χ2v) is 3.84. The van der Waals surface area contributed by atoms with Crippen LogP contribution in [-0.2, 0) is 4.79 Å². The number of esters is 1. The highest BCUT2D eigenvalue weighted by molar-refractivity contribution is 5.91. The van der Waals surface area contributed by atoms with Crippen LogP contribution in [0.3, 0.4) is 0 Å². The molecule has 1 aromatic carbocycles. The van der Waals surface area contributed by atoms with Crippen molar-refractivity contribution in [3.8, 4) is 5.75 Å². The summed E-state index contributed by atoms with van der Waals surface area (Å²) in [5, 5.41) is 8.93. The number of ether oxygens (including phenoxy) is 1. The van der Waals surface area contributed by atoms with Crippen LogP contribution in [0.25, 0.3) is 0 Å². The molecule has 0 saturated heterocycles. The van der Waals surface area contributed by atoms with Gasteiger partial charge in [-0.25, -0.2) is 9.59 Å². The number of benzene rings is 1. The minimum atomic E-state index is -0.997. The molecule has 90 valence electrons. The van der Waals surface area contributed by atoms with Crippen LogP contribution in [0.4, 0.5) is 0 Å². The number of carbonyl (C=O) groups is 2. The molecule has 0 heterocycles. The topological polar surface area (TPSA) is 63.6 Å². The molecule has 4 heteroatoms. The third-order valence-electron chi connectivity index (χ3n) is 2.52. The Morgan fingerprint density at radius 2 is 1.82 bits per heavy atom. The molecule has 0 unspecified atom stereocenters. The molecule has 0 saturated carbocycles. The lowest BCUT2D eigenvalue weighted by molar-refractivity contribution is -0.130. The Morgan fingerprint density at radius 1 is 1.24 bits per heavy atom. The Morgan fingerprint density at radius 3 is 2.29 bits per heavy atom. The SMILES string of the molecule is C=C(C)C(=O)Oc1ccc(C(=O)O)c(C)c1C. The fourth-order valence-electron chi connectivity index (χ4n) is 1.33. The van der Waals surface area contributed by atoms with Crippen LogP contribution in [-0.4, -0.2) is 17.0 Å². The molecule has 0 radical (unpaired) electrons. The predicted octanol–water partition coefficient (Wildman–Crippen LogP) is 2.48. The number of rotatable bonds is 3. The maximum Gasteiger partial charge on any atom is 0.338 e.